The Morgan fingerprint density at radius 1 is 0.958 bits per heavy atom. The van der Waals surface area contributed by atoms with Gasteiger partial charge >= 0.3 is 0 Å². The van der Waals surface area contributed by atoms with Crippen LogP contribution >= 0.6 is 0 Å². The highest BCUT2D eigenvalue weighted by Gasteiger charge is 2.14. The summed E-state index contributed by atoms with van der Waals surface area (Å²) in [5, 5.41) is 4.35. The number of carbonyl (C=O) groups is 1. The maximum Gasteiger partial charge on any atom is 0.271 e. The fourth-order valence-electron chi connectivity index (χ4n) is 2.44. The van der Waals surface area contributed by atoms with Crippen LogP contribution in [0, 0.1) is 0 Å². The Hall–Kier alpha value is -2.42. The molecule has 0 saturated carbocycles. The summed E-state index contributed by atoms with van der Waals surface area (Å²) in [6.45, 7) is 8.57. The first-order valence-corrected chi connectivity index (χ1v) is 8.44. The third kappa shape index (κ3) is 4.79. The molecule has 0 fully saturated rings. The SMILES string of the molecule is CCCC(=NNC(=O)c1ccc(C(C)(C)C)cc1)c1ccccc1. The summed E-state index contributed by atoms with van der Waals surface area (Å²) < 4.78 is 0. The fourth-order valence-corrected chi connectivity index (χ4v) is 2.44. The van der Waals surface area contributed by atoms with E-state index in [0.29, 0.717) is 5.56 Å². The molecule has 2 rings (SSSR count). The molecule has 0 unspecified atom stereocenters. The van der Waals surface area contributed by atoms with Gasteiger partial charge in [-0.25, -0.2) is 5.43 Å². The minimum Gasteiger partial charge on any atom is -0.267 e. The van der Waals surface area contributed by atoms with Crippen LogP contribution in [0.2, 0.25) is 0 Å². The highest BCUT2D eigenvalue weighted by Crippen LogP contribution is 2.22. The molecule has 0 aliphatic heterocycles. The van der Waals surface area contributed by atoms with E-state index in [4.69, 9.17) is 0 Å². The zero-order chi connectivity index (χ0) is 17.6. The molecule has 126 valence electrons. The van der Waals surface area contributed by atoms with Crippen LogP contribution < -0.4 is 5.43 Å². The number of hydrogen-bond donors (Lipinski definition) is 1. The molecule has 0 aliphatic rings. The molecule has 0 spiro atoms. The second-order valence-electron chi connectivity index (χ2n) is 6.94. The van der Waals surface area contributed by atoms with Crippen molar-refractivity contribution in [3.05, 3.63) is 71.3 Å². The highest BCUT2D eigenvalue weighted by atomic mass is 16.2. The molecule has 3 heteroatoms. The van der Waals surface area contributed by atoms with Gasteiger partial charge in [0.25, 0.3) is 5.91 Å². The van der Waals surface area contributed by atoms with Crippen molar-refractivity contribution in [1.82, 2.24) is 5.43 Å². The van der Waals surface area contributed by atoms with Crippen LogP contribution in [0.4, 0.5) is 0 Å². The van der Waals surface area contributed by atoms with Gasteiger partial charge in [0.1, 0.15) is 0 Å². The number of nitrogens with one attached hydrogen (secondary N) is 1. The first kappa shape index (κ1) is 17.9. The molecule has 0 aliphatic carbocycles. The van der Waals surface area contributed by atoms with Gasteiger partial charge in [-0.05, 0) is 35.1 Å². The molecular formula is C21H26N2O. The lowest BCUT2D eigenvalue weighted by molar-refractivity contribution is 0.0954. The quantitative estimate of drug-likeness (QED) is 0.616. The molecule has 24 heavy (non-hydrogen) atoms. The Kier molecular flexibility index (Phi) is 5.91. The van der Waals surface area contributed by atoms with Crippen LogP contribution in [0.15, 0.2) is 59.7 Å². The van der Waals surface area contributed by atoms with Gasteiger partial charge in [0, 0.05) is 5.56 Å². The molecule has 3 nitrogen and oxygen atoms in total. The second-order valence-corrected chi connectivity index (χ2v) is 6.94. The Bertz CT molecular complexity index is 695. The molecule has 0 aromatic heterocycles. The number of hydrogen-bond acceptors (Lipinski definition) is 2. The molecule has 2 aromatic carbocycles. The smallest absolute Gasteiger partial charge is 0.267 e. The minimum atomic E-state index is -0.181. The van der Waals surface area contributed by atoms with E-state index in [-0.39, 0.29) is 11.3 Å². The van der Waals surface area contributed by atoms with Crippen LogP contribution in [-0.2, 0) is 5.41 Å². The van der Waals surface area contributed by atoms with Crippen molar-refractivity contribution < 1.29 is 4.79 Å². The predicted molar refractivity (Wildman–Crippen MR) is 100 cm³/mol. The normalized spacial score (nSPS) is 12.1. The van der Waals surface area contributed by atoms with Gasteiger partial charge in [-0.3, -0.25) is 4.79 Å². The number of benzene rings is 2. The minimum absolute atomic E-state index is 0.0781. The molecule has 0 bridgehead atoms. The molecule has 0 radical (unpaired) electrons. The van der Waals surface area contributed by atoms with Crippen molar-refractivity contribution in [2.75, 3.05) is 0 Å². The molecule has 0 saturated heterocycles. The summed E-state index contributed by atoms with van der Waals surface area (Å²) in [5.74, 6) is -0.181. The predicted octanol–water partition coefficient (Wildman–Crippen LogP) is 4.92. The molecule has 0 heterocycles. The average Bonchev–Trinajstić information content (AvgIpc) is 2.58. The van der Waals surface area contributed by atoms with Crippen LogP contribution in [-0.4, -0.2) is 11.6 Å². The maximum absolute atomic E-state index is 12.3. The van der Waals surface area contributed by atoms with Crippen molar-refractivity contribution in [1.29, 1.82) is 0 Å². The summed E-state index contributed by atoms with van der Waals surface area (Å²) >= 11 is 0. The average molecular weight is 322 g/mol. The number of rotatable bonds is 5. The number of hydrazone groups is 1. The largest absolute Gasteiger partial charge is 0.271 e. The maximum atomic E-state index is 12.3. The Morgan fingerprint density at radius 3 is 2.12 bits per heavy atom. The molecule has 2 aromatic rings. The van der Waals surface area contributed by atoms with E-state index in [0.717, 1.165) is 24.1 Å². The van der Waals surface area contributed by atoms with E-state index in [1.807, 2.05) is 54.6 Å². The highest BCUT2D eigenvalue weighted by molar-refractivity contribution is 6.02. The lowest BCUT2D eigenvalue weighted by Crippen LogP contribution is -2.20. The summed E-state index contributed by atoms with van der Waals surface area (Å²) in [6, 6.07) is 17.7. The third-order valence-electron chi connectivity index (χ3n) is 3.90. The van der Waals surface area contributed by atoms with Crippen molar-refractivity contribution in [2.24, 2.45) is 5.10 Å². The van der Waals surface area contributed by atoms with Crippen LogP contribution in [0.25, 0.3) is 0 Å². The van der Waals surface area contributed by atoms with Gasteiger partial charge in [-0.2, -0.15) is 5.10 Å². The molecule has 1 N–H and O–H groups in total. The van der Waals surface area contributed by atoms with E-state index in [1.54, 1.807) is 0 Å². The van der Waals surface area contributed by atoms with E-state index in [2.05, 4.69) is 38.2 Å². The van der Waals surface area contributed by atoms with Crippen molar-refractivity contribution in [3.63, 3.8) is 0 Å². The second kappa shape index (κ2) is 7.91. The van der Waals surface area contributed by atoms with Gasteiger partial charge in [0.05, 0.1) is 5.71 Å². The molecule has 0 atom stereocenters. The van der Waals surface area contributed by atoms with Crippen molar-refractivity contribution >= 4 is 11.6 Å². The first-order valence-electron chi connectivity index (χ1n) is 8.44. The lowest BCUT2D eigenvalue weighted by Gasteiger charge is -2.18. The standard InChI is InChI=1S/C21H26N2O/c1-5-9-19(16-10-7-6-8-11-16)22-23-20(24)17-12-14-18(15-13-17)21(2,3)4/h6-8,10-15H,5,9H2,1-4H3,(H,23,24). The van der Waals surface area contributed by atoms with Gasteiger partial charge in [0.2, 0.25) is 0 Å². The van der Waals surface area contributed by atoms with Crippen LogP contribution in [0.1, 0.15) is 62.0 Å². The van der Waals surface area contributed by atoms with Crippen molar-refractivity contribution in [3.8, 4) is 0 Å². The van der Waals surface area contributed by atoms with E-state index >= 15 is 0 Å². The van der Waals surface area contributed by atoms with E-state index < -0.39 is 0 Å². The topological polar surface area (TPSA) is 41.5 Å². The van der Waals surface area contributed by atoms with Crippen molar-refractivity contribution in [2.45, 2.75) is 46.0 Å². The Morgan fingerprint density at radius 2 is 1.58 bits per heavy atom. The lowest BCUT2D eigenvalue weighted by atomic mass is 9.87. The number of amides is 1. The van der Waals surface area contributed by atoms with Gasteiger partial charge in [-0.1, -0.05) is 76.6 Å². The zero-order valence-corrected chi connectivity index (χ0v) is 15.0. The summed E-state index contributed by atoms with van der Waals surface area (Å²) in [7, 11) is 0. The van der Waals surface area contributed by atoms with Gasteiger partial charge in [-0.15, -0.1) is 0 Å². The van der Waals surface area contributed by atoms with Gasteiger partial charge < -0.3 is 0 Å². The fraction of sp³-hybridized carbons (Fsp3) is 0.333. The molecule has 1 amide bonds. The summed E-state index contributed by atoms with van der Waals surface area (Å²) in [4.78, 5) is 12.3. The van der Waals surface area contributed by atoms with E-state index in [9.17, 15) is 4.79 Å². The van der Waals surface area contributed by atoms with Crippen LogP contribution in [0.5, 0.6) is 0 Å². The zero-order valence-electron chi connectivity index (χ0n) is 15.0. The third-order valence-corrected chi connectivity index (χ3v) is 3.90. The summed E-state index contributed by atoms with van der Waals surface area (Å²) in [5.41, 5.74) is 6.54. The van der Waals surface area contributed by atoms with Crippen LogP contribution in [0.3, 0.4) is 0 Å². The van der Waals surface area contributed by atoms with E-state index in [1.165, 1.54) is 5.56 Å². The monoisotopic (exact) mass is 322 g/mol. The Balaban J connectivity index is 2.12. The first-order chi connectivity index (χ1) is 11.4. The van der Waals surface area contributed by atoms with Gasteiger partial charge in [0.15, 0.2) is 0 Å². The molecular weight excluding hydrogens is 296 g/mol. The number of carbonyl (C=O) groups excluding carboxylic acids is 1. The number of nitrogens with zero attached hydrogens (tertiary/aromatic N) is 1. The Labute approximate surface area is 144 Å². The summed E-state index contributed by atoms with van der Waals surface area (Å²) in [6.07, 6.45) is 1.80.